The van der Waals surface area contributed by atoms with Crippen LogP contribution in [0.15, 0.2) is 30.6 Å². The van der Waals surface area contributed by atoms with E-state index in [1.165, 1.54) is 0 Å². The van der Waals surface area contributed by atoms with Crippen LogP contribution in [0.3, 0.4) is 0 Å². The fourth-order valence-corrected chi connectivity index (χ4v) is 2.21. The Kier molecular flexibility index (Phi) is 7.05. The molecule has 0 N–H and O–H groups in total. The Labute approximate surface area is 171 Å². The zero-order valence-corrected chi connectivity index (χ0v) is 15.2. The maximum atomic E-state index is 13.8. The zero-order valence-electron chi connectivity index (χ0n) is 15.2. The number of alkyl halides is 17. The maximum Gasteiger partial charge on any atom is 0.534 e. The average molecular weight is 526 g/mol. The molecule has 0 aromatic carbocycles. The van der Waals surface area contributed by atoms with Crippen molar-refractivity contribution in [3.63, 3.8) is 0 Å². The van der Waals surface area contributed by atoms with Gasteiger partial charge in [0.1, 0.15) is 0 Å². The summed E-state index contributed by atoms with van der Waals surface area (Å²) in [6.45, 7) is 0. The minimum Gasteiger partial charge on any atom is -0.200 e. The van der Waals surface area contributed by atoms with E-state index in [0.29, 0.717) is 12.1 Å². The van der Waals surface area contributed by atoms with Crippen molar-refractivity contribution in [2.45, 2.75) is 60.6 Å². The van der Waals surface area contributed by atoms with Gasteiger partial charge in [-0.25, -0.2) is 0 Å². The second-order valence-electron chi connectivity index (χ2n) is 6.52. The van der Waals surface area contributed by atoms with Crippen molar-refractivity contribution in [2.24, 2.45) is 0 Å². The van der Waals surface area contributed by atoms with E-state index in [2.05, 4.69) is 0 Å². The van der Waals surface area contributed by atoms with Crippen molar-refractivity contribution in [3.8, 4) is 0 Å². The van der Waals surface area contributed by atoms with Crippen LogP contribution in [0.2, 0.25) is 0 Å². The minimum absolute atomic E-state index is 0.139. The van der Waals surface area contributed by atoms with Gasteiger partial charge in [0.2, 0.25) is 0 Å². The Balaban J connectivity index is 3.55. The standard InChI is InChI=1S/C15H9F17N/c16-8(17,4-5-9(18,19)20)10(21,22)11(23,24)12(25,26)13(27,28)14(29,30)15(31,32)33-6-2-1-3-7-33/h1-3,6-7H,4-5H2/q+1. The fourth-order valence-electron chi connectivity index (χ4n) is 2.21. The summed E-state index contributed by atoms with van der Waals surface area (Å²) in [5.74, 6) is -47.0. The first-order valence-corrected chi connectivity index (χ1v) is 7.99. The molecule has 1 heterocycles. The van der Waals surface area contributed by atoms with E-state index in [9.17, 15) is 74.6 Å². The largest absolute Gasteiger partial charge is 0.534 e. The molecule has 0 radical (unpaired) electrons. The lowest BCUT2D eigenvalue weighted by molar-refractivity contribution is -0.849. The molecule has 0 amide bonds. The lowest BCUT2D eigenvalue weighted by Crippen LogP contribution is -2.75. The summed E-state index contributed by atoms with van der Waals surface area (Å²) in [5, 5.41) is 0. The number of hydrogen-bond donors (Lipinski definition) is 0. The van der Waals surface area contributed by atoms with E-state index in [1.54, 1.807) is 0 Å². The predicted octanol–water partition coefficient (Wildman–Crippen LogP) is 6.68. The van der Waals surface area contributed by atoms with Gasteiger partial charge in [-0.2, -0.15) is 65.9 Å². The normalized spacial score (nSPS) is 15.7. The highest BCUT2D eigenvalue weighted by molar-refractivity contribution is 5.12. The van der Waals surface area contributed by atoms with E-state index >= 15 is 0 Å². The van der Waals surface area contributed by atoms with Crippen LogP contribution in [0.5, 0.6) is 0 Å². The van der Waals surface area contributed by atoms with Crippen molar-refractivity contribution in [1.29, 1.82) is 0 Å². The molecule has 0 aliphatic heterocycles. The van der Waals surface area contributed by atoms with E-state index in [1.807, 2.05) is 0 Å². The highest BCUT2D eigenvalue weighted by Gasteiger charge is 2.94. The smallest absolute Gasteiger partial charge is 0.200 e. The maximum absolute atomic E-state index is 13.8. The summed E-state index contributed by atoms with van der Waals surface area (Å²) in [4.78, 5) is 0. The molecule has 1 rings (SSSR count). The summed E-state index contributed by atoms with van der Waals surface area (Å²) in [6.07, 6.45) is -12.4. The van der Waals surface area contributed by atoms with Crippen molar-refractivity contribution >= 4 is 0 Å². The summed E-state index contributed by atoms with van der Waals surface area (Å²) in [7, 11) is 0. The number of aromatic nitrogens is 1. The van der Waals surface area contributed by atoms with E-state index < -0.39 is 65.2 Å². The van der Waals surface area contributed by atoms with Gasteiger partial charge in [-0.15, -0.1) is 13.3 Å². The van der Waals surface area contributed by atoms with Gasteiger partial charge in [-0.05, 0) is 0 Å². The van der Waals surface area contributed by atoms with Crippen LogP contribution in [-0.2, 0) is 6.05 Å². The Hall–Kier alpha value is -2.04. The molecule has 192 valence electrons. The SMILES string of the molecule is FC(F)(F)CCC(F)(F)C(F)(F)C(F)(F)C(F)(F)C(F)(F)C(F)(F)C(F)(F)[n+]1ccccc1. The van der Waals surface area contributed by atoms with Crippen molar-refractivity contribution < 1.29 is 79.2 Å². The van der Waals surface area contributed by atoms with Crippen LogP contribution < -0.4 is 4.57 Å². The summed E-state index contributed by atoms with van der Waals surface area (Å²) < 4.78 is 225. The Morgan fingerprint density at radius 3 is 1.18 bits per heavy atom. The first-order valence-electron chi connectivity index (χ1n) is 7.99. The number of rotatable bonds is 9. The molecule has 0 saturated carbocycles. The second kappa shape index (κ2) is 8.02. The van der Waals surface area contributed by atoms with E-state index in [0.717, 1.165) is 6.07 Å². The highest BCUT2D eigenvalue weighted by atomic mass is 19.4. The van der Waals surface area contributed by atoms with Gasteiger partial charge < -0.3 is 0 Å². The predicted molar refractivity (Wildman–Crippen MR) is 71.8 cm³/mol. The monoisotopic (exact) mass is 526 g/mol. The molecular weight excluding hydrogens is 517 g/mol. The first kappa shape index (κ1) is 29.0. The van der Waals surface area contributed by atoms with E-state index in [-0.39, 0.29) is 12.4 Å². The second-order valence-corrected chi connectivity index (χ2v) is 6.52. The molecule has 33 heavy (non-hydrogen) atoms. The molecule has 18 heteroatoms. The number of nitrogens with zero attached hydrogens (tertiary/aromatic N) is 1. The third-order valence-corrected chi connectivity index (χ3v) is 4.18. The quantitative estimate of drug-likeness (QED) is 0.250. The molecule has 0 fully saturated rings. The molecule has 0 aliphatic carbocycles. The number of halogens is 17. The van der Waals surface area contributed by atoms with Gasteiger partial charge in [-0.3, -0.25) is 0 Å². The zero-order chi connectivity index (χ0) is 26.5. The fraction of sp³-hybridized carbons (Fsp3) is 0.667. The molecule has 1 nitrogen and oxygen atoms in total. The van der Waals surface area contributed by atoms with Gasteiger partial charge in [-0.1, -0.05) is 6.07 Å². The van der Waals surface area contributed by atoms with Gasteiger partial charge in [0.05, 0.1) is 0 Å². The number of hydrogen-bond acceptors (Lipinski definition) is 0. The lowest BCUT2D eigenvalue weighted by Gasteiger charge is -2.41. The molecule has 0 aliphatic rings. The summed E-state index contributed by atoms with van der Waals surface area (Å²) >= 11 is 0. The highest BCUT2D eigenvalue weighted by Crippen LogP contribution is 2.62. The molecule has 0 bridgehead atoms. The summed E-state index contributed by atoms with van der Waals surface area (Å²) in [6, 6.07) is -4.81. The van der Waals surface area contributed by atoms with Gasteiger partial charge in [0, 0.05) is 25.0 Å². The van der Waals surface area contributed by atoms with Crippen molar-refractivity contribution in [1.82, 2.24) is 0 Å². The topological polar surface area (TPSA) is 3.88 Å². The number of pyridine rings is 1. The van der Waals surface area contributed by atoms with Crippen molar-refractivity contribution in [2.75, 3.05) is 0 Å². The van der Waals surface area contributed by atoms with Crippen LogP contribution in [0.1, 0.15) is 12.8 Å². The van der Waals surface area contributed by atoms with Gasteiger partial charge in [0.15, 0.2) is 12.4 Å². The molecule has 0 atom stereocenters. The van der Waals surface area contributed by atoms with Crippen LogP contribution >= 0.6 is 0 Å². The molecule has 0 saturated heterocycles. The third-order valence-electron chi connectivity index (χ3n) is 4.18. The Morgan fingerprint density at radius 2 is 0.788 bits per heavy atom. The van der Waals surface area contributed by atoms with Gasteiger partial charge in [0.25, 0.3) is 0 Å². The van der Waals surface area contributed by atoms with Crippen LogP contribution in [0.25, 0.3) is 0 Å². The third kappa shape index (κ3) is 4.40. The van der Waals surface area contributed by atoms with E-state index in [4.69, 9.17) is 0 Å². The van der Waals surface area contributed by atoms with Crippen LogP contribution in [-0.4, -0.2) is 41.7 Å². The molecular formula is C15H9F17N+. The Morgan fingerprint density at radius 1 is 0.424 bits per heavy atom. The lowest BCUT2D eigenvalue weighted by atomic mass is 9.89. The minimum atomic E-state index is -8.34. The molecule has 0 unspecified atom stereocenters. The van der Waals surface area contributed by atoms with Crippen LogP contribution in [0, 0.1) is 0 Å². The molecule has 1 aromatic rings. The Bertz CT molecular complexity index is 811. The molecule has 1 aromatic heterocycles. The molecule has 0 spiro atoms. The first-order chi connectivity index (χ1) is 14.3. The van der Waals surface area contributed by atoms with Gasteiger partial charge >= 0.3 is 47.8 Å². The van der Waals surface area contributed by atoms with Crippen molar-refractivity contribution in [3.05, 3.63) is 30.6 Å². The average Bonchev–Trinajstić information content (AvgIpc) is 2.65. The van der Waals surface area contributed by atoms with Crippen LogP contribution in [0.4, 0.5) is 74.6 Å². The summed E-state index contributed by atoms with van der Waals surface area (Å²) in [5.41, 5.74) is 0.